The van der Waals surface area contributed by atoms with Crippen molar-refractivity contribution in [1.82, 2.24) is 10.2 Å². The molecular weight excluding hydrogens is 276 g/mol. The molecule has 0 bridgehead atoms. The summed E-state index contributed by atoms with van der Waals surface area (Å²) >= 11 is 0. The van der Waals surface area contributed by atoms with Gasteiger partial charge in [-0.1, -0.05) is 6.07 Å². The lowest BCUT2D eigenvalue weighted by Gasteiger charge is -2.13. The Balaban J connectivity index is 2.02. The maximum absolute atomic E-state index is 13.6. The second-order valence-corrected chi connectivity index (χ2v) is 4.79. The molecule has 3 nitrogen and oxygen atoms in total. The van der Waals surface area contributed by atoms with E-state index in [-0.39, 0.29) is 18.0 Å². The van der Waals surface area contributed by atoms with Crippen LogP contribution in [0.25, 0.3) is 0 Å². The van der Waals surface area contributed by atoms with Crippen LogP contribution < -0.4 is 5.32 Å². The molecule has 1 fully saturated rings. The van der Waals surface area contributed by atoms with Crippen molar-refractivity contribution in [2.45, 2.75) is 25.2 Å². The number of rotatable bonds is 3. The van der Waals surface area contributed by atoms with Gasteiger partial charge in [0, 0.05) is 25.7 Å². The summed E-state index contributed by atoms with van der Waals surface area (Å²) in [5, 5.41) is 2.86. The van der Waals surface area contributed by atoms with E-state index in [4.69, 9.17) is 0 Å². The Morgan fingerprint density at radius 2 is 2.10 bits per heavy atom. The average molecular weight is 290 g/mol. The first-order valence-corrected chi connectivity index (χ1v) is 6.13. The lowest BCUT2D eigenvalue weighted by Crippen LogP contribution is -2.36. The van der Waals surface area contributed by atoms with Gasteiger partial charge in [-0.05, 0) is 18.6 Å². The second-order valence-electron chi connectivity index (χ2n) is 4.79. The Morgan fingerprint density at radius 1 is 1.40 bits per heavy atom. The van der Waals surface area contributed by atoms with Crippen LogP contribution in [-0.2, 0) is 17.5 Å². The number of alkyl halides is 3. The molecule has 110 valence electrons. The van der Waals surface area contributed by atoms with Crippen LogP contribution in [0.1, 0.15) is 17.5 Å². The largest absolute Gasteiger partial charge is 0.416 e. The van der Waals surface area contributed by atoms with E-state index in [0.29, 0.717) is 19.0 Å². The van der Waals surface area contributed by atoms with Gasteiger partial charge >= 0.3 is 6.18 Å². The average Bonchev–Trinajstić information content (AvgIpc) is 2.67. The van der Waals surface area contributed by atoms with Crippen molar-refractivity contribution < 1.29 is 22.4 Å². The fraction of sp³-hybridized carbons (Fsp3) is 0.462. The molecule has 1 atom stereocenters. The van der Waals surface area contributed by atoms with Crippen molar-refractivity contribution in [2.75, 3.05) is 13.6 Å². The van der Waals surface area contributed by atoms with Crippen LogP contribution in [0.5, 0.6) is 0 Å². The van der Waals surface area contributed by atoms with Gasteiger partial charge in [0.25, 0.3) is 0 Å². The zero-order valence-corrected chi connectivity index (χ0v) is 10.8. The molecule has 0 radical (unpaired) electrons. The lowest BCUT2D eigenvalue weighted by atomic mass is 10.1. The minimum Gasteiger partial charge on any atom is -0.344 e. The van der Waals surface area contributed by atoms with Gasteiger partial charge in [-0.15, -0.1) is 0 Å². The number of carbonyl (C=O) groups is 1. The van der Waals surface area contributed by atoms with Crippen LogP contribution in [0.3, 0.4) is 0 Å². The number of nitrogens with one attached hydrogen (secondary N) is 1. The molecule has 1 aromatic rings. The number of halogens is 4. The Labute approximate surface area is 113 Å². The molecule has 20 heavy (non-hydrogen) atoms. The van der Waals surface area contributed by atoms with Crippen molar-refractivity contribution in [1.29, 1.82) is 0 Å². The molecule has 0 aromatic heterocycles. The standard InChI is InChI=1S/C13H14F4N2O/c1-19-5-4-11(12(19)20)18-7-8-2-3-9(6-10(8)14)13(15,16)17/h2-3,6,11,18H,4-5,7H2,1H3/t11-/m1/s1. The van der Waals surface area contributed by atoms with E-state index in [9.17, 15) is 22.4 Å². The first-order valence-electron chi connectivity index (χ1n) is 6.13. The van der Waals surface area contributed by atoms with Gasteiger partial charge < -0.3 is 10.2 Å². The van der Waals surface area contributed by atoms with Gasteiger partial charge in [0.05, 0.1) is 11.6 Å². The molecule has 1 aromatic carbocycles. The van der Waals surface area contributed by atoms with E-state index in [0.717, 1.165) is 12.1 Å². The maximum Gasteiger partial charge on any atom is 0.416 e. The Kier molecular flexibility index (Phi) is 3.99. The van der Waals surface area contributed by atoms with Gasteiger partial charge in [0.1, 0.15) is 5.82 Å². The van der Waals surface area contributed by atoms with Crippen molar-refractivity contribution >= 4 is 5.91 Å². The van der Waals surface area contributed by atoms with Gasteiger partial charge in [0.15, 0.2) is 0 Å². The zero-order valence-electron chi connectivity index (χ0n) is 10.8. The van der Waals surface area contributed by atoms with Crippen LogP contribution in [-0.4, -0.2) is 30.4 Å². The van der Waals surface area contributed by atoms with Crippen LogP contribution in [0.15, 0.2) is 18.2 Å². The van der Waals surface area contributed by atoms with E-state index < -0.39 is 23.6 Å². The van der Waals surface area contributed by atoms with Crippen molar-refractivity contribution in [3.05, 3.63) is 35.1 Å². The molecule has 1 aliphatic heterocycles. The Morgan fingerprint density at radius 3 is 2.60 bits per heavy atom. The summed E-state index contributed by atoms with van der Waals surface area (Å²) in [6, 6.07) is 2.00. The highest BCUT2D eigenvalue weighted by Gasteiger charge is 2.31. The summed E-state index contributed by atoms with van der Waals surface area (Å²) in [6.07, 6.45) is -3.95. The van der Waals surface area contributed by atoms with Crippen LogP contribution in [0.2, 0.25) is 0 Å². The first-order chi connectivity index (χ1) is 9.29. The van der Waals surface area contributed by atoms with Crippen molar-refractivity contribution in [3.8, 4) is 0 Å². The smallest absolute Gasteiger partial charge is 0.344 e. The number of hydrogen-bond acceptors (Lipinski definition) is 2. The quantitative estimate of drug-likeness (QED) is 0.865. The predicted molar refractivity (Wildman–Crippen MR) is 64.3 cm³/mol. The molecule has 1 heterocycles. The second kappa shape index (κ2) is 5.40. The zero-order chi connectivity index (χ0) is 14.9. The van der Waals surface area contributed by atoms with Gasteiger partial charge in [-0.3, -0.25) is 4.79 Å². The fourth-order valence-corrected chi connectivity index (χ4v) is 2.11. The Bertz CT molecular complexity index is 516. The van der Waals surface area contributed by atoms with E-state index in [1.165, 1.54) is 0 Å². The summed E-state index contributed by atoms with van der Waals surface area (Å²) in [6.45, 7) is 0.639. The highest BCUT2D eigenvalue weighted by molar-refractivity contribution is 5.83. The van der Waals surface area contributed by atoms with Gasteiger partial charge in [-0.25, -0.2) is 4.39 Å². The molecule has 0 aliphatic carbocycles. The highest BCUT2D eigenvalue weighted by atomic mass is 19.4. The van der Waals surface area contributed by atoms with E-state index in [1.807, 2.05) is 0 Å². The number of likely N-dealkylation sites (tertiary alicyclic amines) is 1. The third kappa shape index (κ3) is 3.09. The van der Waals surface area contributed by atoms with Crippen LogP contribution >= 0.6 is 0 Å². The molecule has 7 heteroatoms. The predicted octanol–water partition coefficient (Wildman–Crippen LogP) is 2.16. The molecule has 1 N–H and O–H groups in total. The van der Waals surface area contributed by atoms with E-state index >= 15 is 0 Å². The number of hydrogen-bond donors (Lipinski definition) is 1. The molecule has 1 saturated heterocycles. The first kappa shape index (κ1) is 14.8. The lowest BCUT2D eigenvalue weighted by molar-refractivity contribution is -0.137. The van der Waals surface area contributed by atoms with Crippen LogP contribution in [0, 0.1) is 5.82 Å². The van der Waals surface area contributed by atoms with Gasteiger partial charge in [-0.2, -0.15) is 13.2 Å². The van der Waals surface area contributed by atoms with Crippen molar-refractivity contribution in [3.63, 3.8) is 0 Å². The minimum atomic E-state index is -4.56. The molecule has 1 aliphatic rings. The fourth-order valence-electron chi connectivity index (χ4n) is 2.11. The number of amides is 1. The SMILES string of the molecule is CN1CC[C@@H](NCc2ccc(C(F)(F)F)cc2F)C1=O. The molecule has 0 unspecified atom stereocenters. The summed E-state index contributed by atoms with van der Waals surface area (Å²) in [5.74, 6) is -1.01. The number of nitrogens with zero attached hydrogens (tertiary/aromatic N) is 1. The summed E-state index contributed by atoms with van der Waals surface area (Å²) in [5.41, 5.74) is -0.907. The Hall–Kier alpha value is -1.63. The van der Waals surface area contributed by atoms with Gasteiger partial charge in [0.2, 0.25) is 5.91 Å². The normalized spacial score (nSPS) is 19.8. The third-order valence-corrected chi connectivity index (χ3v) is 3.35. The number of carbonyl (C=O) groups excluding carboxylic acids is 1. The summed E-state index contributed by atoms with van der Waals surface area (Å²) in [4.78, 5) is 13.2. The molecular formula is C13H14F4N2O. The van der Waals surface area contributed by atoms with E-state index in [2.05, 4.69) is 5.32 Å². The molecule has 0 spiro atoms. The highest BCUT2D eigenvalue weighted by Crippen LogP contribution is 2.30. The summed E-state index contributed by atoms with van der Waals surface area (Å²) < 4.78 is 50.8. The topological polar surface area (TPSA) is 32.3 Å². The molecule has 2 rings (SSSR count). The maximum atomic E-state index is 13.6. The number of likely N-dealkylation sites (N-methyl/N-ethyl adjacent to an activating group) is 1. The van der Waals surface area contributed by atoms with E-state index in [1.54, 1.807) is 11.9 Å². The summed E-state index contributed by atoms with van der Waals surface area (Å²) in [7, 11) is 1.67. The number of benzene rings is 1. The minimum absolute atomic E-state index is 0.0220. The van der Waals surface area contributed by atoms with Crippen LogP contribution in [0.4, 0.5) is 17.6 Å². The van der Waals surface area contributed by atoms with Crippen molar-refractivity contribution in [2.24, 2.45) is 0 Å². The monoisotopic (exact) mass is 290 g/mol. The third-order valence-electron chi connectivity index (χ3n) is 3.35. The molecule has 0 saturated carbocycles. The molecule has 1 amide bonds.